The molecule has 0 aromatic heterocycles. The van der Waals surface area contributed by atoms with E-state index in [4.69, 9.17) is 0 Å². The summed E-state index contributed by atoms with van der Waals surface area (Å²) in [4.78, 5) is 26.3. The maximum atomic E-state index is 12.4. The highest BCUT2D eigenvalue weighted by Gasteiger charge is 2.29. The number of nitro benzene ring substituents is 1. The number of anilines is 1. The zero-order valence-corrected chi connectivity index (χ0v) is 11.6. The largest absolute Gasteiger partial charge is 0.392 e. The third kappa shape index (κ3) is 2.74. The zero-order chi connectivity index (χ0) is 15.0. The van der Waals surface area contributed by atoms with Crippen molar-refractivity contribution in [3.05, 3.63) is 33.9 Å². The number of aliphatic hydroxyl groups excluding tert-OH is 1. The number of nitrogens with zero attached hydrogens (tertiary/aromatic N) is 3. The van der Waals surface area contributed by atoms with E-state index in [9.17, 15) is 20.0 Å². The third-order valence-electron chi connectivity index (χ3n) is 4.08. The molecule has 0 bridgehead atoms. The first-order chi connectivity index (χ1) is 10.0. The molecule has 0 unspecified atom stereocenters. The van der Waals surface area contributed by atoms with Crippen LogP contribution in [-0.4, -0.2) is 53.1 Å². The van der Waals surface area contributed by atoms with Crippen molar-refractivity contribution in [1.82, 2.24) is 4.90 Å². The lowest BCUT2D eigenvalue weighted by Crippen LogP contribution is -2.39. The fourth-order valence-corrected chi connectivity index (χ4v) is 2.97. The lowest BCUT2D eigenvalue weighted by molar-refractivity contribution is -0.384. The van der Waals surface area contributed by atoms with E-state index < -0.39 is 4.92 Å². The Balaban J connectivity index is 1.75. The van der Waals surface area contributed by atoms with E-state index in [1.807, 2.05) is 4.90 Å². The molecule has 1 atom stereocenters. The molecule has 2 aliphatic rings. The number of fused-ring (bicyclic) bond motifs is 1. The van der Waals surface area contributed by atoms with Crippen LogP contribution < -0.4 is 4.90 Å². The number of carbonyl (C=O) groups is 1. The number of carbonyl (C=O) groups excluding carboxylic acids is 1. The summed E-state index contributed by atoms with van der Waals surface area (Å²) < 4.78 is 0. The van der Waals surface area contributed by atoms with Crippen molar-refractivity contribution in [3.63, 3.8) is 0 Å². The Morgan fingerprint density at radius 3 is 2.90 bits per heavy atom. The van der Waals surface area contributed by atoms with Gasteiger partial charge in [0.1, 0.15) is 0 Å². The first-order valence-electron chi connectivity index (χ1n) is 7.02. The van der Waals surface area contributed by atoms with E-state index in [0.717, 1.165) is 12.0 Å². The average molecular weight is 291 g/mol. The normalized spacial score (nSPS) is 21.6. The summed E-state index contributed by atoms with van der Waals surface area (Å²) in [6.07, 6.45) is 1.06. The maximum absolute atomic E-state index is 12.4. The van der Waals surface area contributed by atoms with Crippen LogP contribution in [0.4, 0.5) is 11.4 Å². The van der Waals surface area contributed by atoms with Crippen LogP contribution in [0.3, 0.4) is 0 Å². The number of benzene rings is 1. The van der Waals surface area contributed by atoms with Crippen molar-refractivity contribution in [2.45, 2.75) is 18.9 Å². The Labute approximate surface area is 121 Å². The fourth-order valence-electron chi connectivity index (χ4n) is 2.97. The van der Waals surface area contributed by atoms with Crippen LogP contribution in [0.1, 0.15) is 12.0 Å². The van der Waals surface area contributed by atoms with Crippen LogP contribution in [-0.2, 0) is 11.2 Å². The van der Waals surface area contributed by atoms with Gasteiger partial charge in [0.05, 0.1) is 23.3 Å². The topological polar surface area (TPSA) is 86.9 Å². The maximum Gasteiger partial charge on any atom is 0.271 e. The molecule has 1 aromatic rings. The van der Waals surface area contributed by atoms with Gasteiger partial charge in [-0.25, -0.2) is 0 Å². The van der Waals surface area contributed by atoms with E-state index >= 15 is 0 Å². The summed E-state index contributed by atoms with van der Waals surface area (Å²) in [6, 6.07) is 4.67. The Bertz CT molecular complexity index is 590. The molecule has 1 saturated heterocycles. The number of aliphatic hydroxyl groups is 1. The number of rotatable bonds is 3. The standard InChI is InChI=1S/C14H17N3O4/c18-12-4-5-15(8-12)9-14(19)16-6-3-10-1-2-11(17(20)21)7-13(10)16/h1-2,7,12,18H,3-6,8-9H2/t12-/m0/s1. The van der Waals surface area contributed by atoms with E-state index in [0.29, 0.717) is 31.7 Å². The highest BCUT2D eigenvalue weighted by molar-refractivity contribution is 5.97. The lowest BCUT2D eigenvalue weighted by Gasteiger charge is -2.21. The lowest BCUT2D eigenvalue weighted by atomic mass is 10.1. The molecule has 7 heteroatoms. The first kappa shape index (κ1) is 14.0. The summed E-state index contributed by atoms with van der Waals surface area (Å²) in [7, 11) is 0. The van der Waals surface area contributed by atoms with Crippen LogP contribution in [0.25, 0.3) is 0 Å². The third-order valence-corrected chi connectivity index (χ3v) is 4.08. The molecule has 112 valence electrons. The highest BCUT2D eigenvalue weighted by atomic mass is 16.6. The molecule has 7 nitrogen and oxygen atoms in total. The Morgan fingerprint density at radius 2 is 2.24 bits per heavy atom. The van der Waals surface area contributed by atoms with E-state index in [1.54, 1.807) is 11.0 Å². The minimum absolute atomic E-state index is 0.00467. The highest BCUT2D eigenvalue weighted by Crippen LogP contribution is 2.31. The van der Waals surface area contributed by atoms with Gasteiger partial charge in [0.2, 0.25) is 5.91 Å². The summed E-state index contributed by atoms with van der Waals surface area (Å²) >= 11 is 0. The second kappa shape index (κ2) is 5.42. The average Bonchev–Trinajstić information content (AvgIpc) is 3.04. The van der Waals surface area contributed by atoms with Crippen molar-refractivity contribution in [2.24, 2.45) is 0 Å². The van der Waals surface area contributed by atoms with Crippen LogP contribution >= 0.6 is 0 Å². The van der Waals surface area contributed by atoms with Gasteiger partial charge >= 0.3 is 0 Å². The number of hydrogen-bond acceptors (Lipinski definition) is 5. The van der Waals surface area contributed by atoms with E-state index in [2.05, 4.69) is 0 Å². The van der Waals surface area contributed by atoms with Gasteiger partial charge in [0.15, 0.2) is 0 Å². The molecule has 21 heavy (non-hydrogen) atoms. The Morgan fingerprint density at radius 1 is 1.43 bits per heavy atom. The van der Waals surface area contributed by atoms with Crippen molar-refractivity contribution >= 4 is 17.3 Å². The quantitative estimate of drug-likeness (QED) is 0.649. The van der Waals surface area contributed by atoms with Crippen molar-refractivity contribution in [1.29, 1.82) is 0 Å². The summed E-state index contributed by atoms with van der Waals surface area (Å²) in [5.74, 6) is -0.0663. The molecule has 1 fully saturated rings. The summed E-state index contributed by atoms with van der Waals surface area (Å²) in [5, 5.41) is 20.3. The molecule has 0 spiro atoms. The Kier molecular flexibility index (Phi) is 3.60. The fraction of sp³-hybridized carbons (Fsp3) is 0.500. The van der Waals surface area contributed by atoms with Crippen LogP contribution in [0, 0.1) is 10.1 Å². The van der Waals surface area contributed by atoms with Gasteiger partial charge in [-0.1, -0.05) is 6.07 Å². The van der Waals surface area contributed by atoms with Gasteiger partial charge in [-0.2, -0.15) is 0 Å². The number of amides is 1. The van der Waals surface area contributed by atoms with Gasteiger partial charge < -0.3 is 10.0 Å². The molecule has 2 aliphatic heterocycles. The van der Waals surface area contributed by atoms with Crippen molar-refractivity contribution < 1.29 is 14.8 Å². The minimum Gasteiger partial charge on any atom is -0.392 e. The molecule has 0 radical (unpaired) electrons. The molecular weight excluding hydrogens is 274 g/mol. The minimum atomic E-state index is -0.446. The molecule has 0 aliphatic carbocycles. The van der Waals surface area contributed by atoms with Gasteiger partial charge in [-0.15, -0.1) is 0 Å². The summed E-state index contributed by atoms with van der Waals surface area (Å²) in [6.45, 7) is 2.04. The molecular formula is C14H17N3O4. The van der Waals surface area contributed by atoms with E-state index in [-0.39, 0.29) is 24.2 Å². The van der Waals surface area contributed by atoms with Gasteiger partial charge in [0.25, 0.3) is 5.69 Å². The smallest absolute Gasteiger partial charge is 0.271 e. The Hall–Kier alpha value is -1.99. The van der Waals surface area contributed by atoms with Gasteiger partial charge in [-0.3, -0.25) is 19.8 Å². The predicted molar refractivity (Wildman–Crippen MR) is 76.2 cm³/mol. The zero-order valence-electron chi connectivity index (χ0n) is 11.6. The van der Waals surface area contributed by atoms with Crippen molar-refractivity contribution in [2.75, 3.05) is 31.1 Å². The number of likely N-dealkylation sites (tertiary alicyclic amines) is 1. The molecule has 3 rings (SSSR count). The SMILES string of the molecule is O=C(CN1CC[C@H](O)C1)N1CCc2ccc([N+](=O)[O-])cc21. The summed E-state index contributed by atoms with van der Waals surface area (Å²) in [5.41, 5.74) is 1.62. The number of β-amino-alcohol motifs (C(OH)–C–C–N with tert-alkyl or cyclic N) is 1. The molecule has 1 aromatic carbocycles. The number of non-ortho nitro benzene ring substituents is 1. The molecule has 2 heterocycles. The molecule has 1 N–H and O–H groups in total. The number of hydrogen-bond donors (Lipinski definition) is 1. The van der Waals surface area contributed by atoms with Crippen LogP contribution in [0.5, 0.6) is 0 Å². The predicted octanol–water partition coefficient (Wildman–Crippen LogP) is 0.550. The van der Waals surface area contributed by atoms with Gasteiger partial charge in [-0.05, 0) is 18.4 Å². The van der Waals surface area contributed by atoms with Crippen molar-refractivity contribution in [3.8, 4) is 0 Å². The first-order valence-corrected chi connectivity index (χ1v) is 7.02. The second-order valence-corrected chi connectivity index (χ2v) is 5.54. The van der Waals surface area contributed by atoms with E-state index in [1.165, 1.54) is 12.1 Å². The van der Waals surface area contributed by atoms with Crippen LogP contribution in [0.2, 0.25) is 0 Å². The molecule has 1 amide bonds. The monoisotopic (exact) mass is 291 g/mol. The second-order valence-electron chi connectivity index (χ2n) is 5.54. The molecule has 0 saturated carbocycles. The number of nitro groups is 1. The van der Waals surface area contributed by atoms with Crippen LogP contribution in [0.15, 0.2) is 18.2 Å². The van der Waals surface area contributed by atoms with Gasteiger partial charge in [0, 0.05) is 31.8 Å².